The maximum Gasteiger partial charge on any atom is 0.0630 e. The summed E-state index contributed by atoms with van der Waals surface area (Å²) >= 11 is 0. The highest BCUT2D eigenvalue weighted by atomic mass is 16.5. The van der Waals surface area contributed by atoms with Crippen LogP contribution < -0.4 is 5.32 Å². The molecule has 0 radical (unpaired) electrons. The van der Waals surface area contributed by atoms with Gasteiger partial charge in [0.25, 0.3) is 0 Å². The Bertz CT molecular complexity index is 221. The third-order valence-corrected chi connectivity index (χ3v) is 3.85. The molecule has 0 bridgehead atoms. The number of hydrogen-bond donors (Lipinski definition) is 1. The van der Waals surface area contributed by atoms with Crippen molar-refractivity contribution in [1.82, 2.24) is 15.1 Å². The van der Waals surface area contributed by atoms with E-state index in [1.807, 2.05) is 7.11 Å². The van der Waals surface area contributed by atoms with Crippen LogP contribution in [0.25, 0.3) is 0 Å². The zero-order valence-corrected chi connectivity index (χ0v) is 11.3. The van der Waals surface area contributed by atoms with Gasteiger partial charge >= 0.3 is 0 Å². The minimum Gasteiger partial charge on any atom is -0.383 e. The van der Waals surface area contributed by atoms with Crippen LogP contribution in [0.2, 0.25) is 0 Å². The monoisotopic (exact) mass is 241 g/mol. The van der Waals surface area contributed by atoms with Crippen LogP contribution in [0.5, 0.6) is 0 Å². The van der Waals surface area contributed by atoms with E-state index in [-0.39, 0.29) is 0 Å². The second-order valence-electron chi connectivity index (χ2n) is 5.48. The SMILES string of the molecule is COCC(CNC1CC1)N1CCCN(C)CC1. The summed E-state index contributed by atoms with van der Waals surface area (Å²) in [5.74, 6) is 0. The molecule has 0 amide bonds. The molecule has 1 heterocycles. The van der Waals surface area contributed by atoms with Crippen molar-refractivity contribution in [3.05, 3.63) is 0 Å². The van der Waals surface area contributed by atoms with Crippen molar-refractivity contribution >= 4 is 0 Å². The van der Waals surface area contributed by atoms with E-state index in [1.54, 1.807) is 0 Å². The van der Waals surface area contributed by atoms with Crippen LogP contribution in [0.3, 0.4) is 0 Å². The van der Waals surface area contributed by atoms with Crippen LogP contribution in [0.1, 0.15) is 19.3 Å². The fourth-order valence-electron chi connectivity index (χ4n) is 2.51. The first-order valence-electron chi connectivity index (χ1n) is 6.94. The molecule has 1 aliphatic carbocycles. The molecule has 2 rings (SSSR count). The Kier molecular flexibility index (Phi) is 5.22. The third-order valence-electron chi connectivity index (χ3n) is 3.85. The predicted molar refractivity (Wildman–Crippen MR) is 70.4 cm³/mol. The molecule has 1 N–H and O–H groups in total. The summed E-state index contributed by atoms with van der Waals surface area (Å²) < 4.78 is 5.38. The van der Waals surface area contributed by atoms with E-state index in [4.69, 9.17) is 4.74 Å². The molecule has 0 aromatic carbocycles. The number of hydrogen-bond acceptors (Lipinski definition) is 4. The first-order valence-corrected chi connectivity index (χ1v) is 6.94. The Balaban J connectivity index is 1.79. The van der Waals surface area contributed by atoms with E-state index in [9.17, 15) is 0 Å². The van der Waals surface area contributed by atoms with Gasteiger partial charge in [0.2, 0.25) is 0 Å². The molecule has 17 heavy (non-hydrogen) atoms. The lowest BCUT2D eigenvalue weighted by atomic mass is 10.2. The van der Waals surface area contributed by atoms with Crippen LogP contribution in [0.15, 0.2) is 0 Å². The zero-order chi connectivity index (χ0) is 12.1. The Morgan fingerprint density at radius 1 is 1.24 bits per heavy atom. The summed E-state index contributed by atoms with van der Waals surface area (Å²) in [7, 11) is 4.03. The molecule has 2 aliphatic rings. The number of likely N-dealkylation sites (N-methyl/N-ethyl adjacent to an activating group) is 1. The van der Waals surface area contributed by atoms with Gasteiger partial charge in [0.1, 0.15) is 0 Å². The lowest BCUT2D eigenvalue weighted by Gasteiger charge is -2.30. The Morgan fingerprint density at radius 3 is 2.76 bits per heavy atom. The fourth-order valence-corrected chi connectivity index (χ4v) is 2.51. The normalized spacial score (nSPS) is 25.8. The molecule has 1 unspecified atom stereocenters. The summed E-state index contributed by atoms with van der Waals surface area (Å²) in [6, 6.07) is 1.34. The van der Waals surface area contributed by atoms with Crippen LogP contribution in [-0.4, -0.2) is 75.4 Å². The van der Waals surface area contributed by atoms with Gasteiger partial charge in [0.05, 0.1) is 6.61 Å². The number of methoxy groups -OCH3 is 1. The van der Waals surface area contributed by atoms with Crippen molar-refractivity contribution in [3.63, 3.8) is 0 Å². The van der Waals surface area contributed by atoms with Gasteiger partial charge in [-0.15, -0.1) is 0 Å². The van der Waals surface area contributed by atoms with Gasteiger partial charge in [0, 0.05) is 38.8 Å². The molecular weight excluding hydrogens is 214 g/mol. The number of ether oxygens (including phenoxy) is 1. The van der Waals surface area contributed by atoms with Crippen molar-refractivity contribution in [2.45, 2.75) is 31.3 Å². The Labute approximate surface area is 105 Å². The second kappa shape index (κ2) is 6.69. The van der Waals surface area contributed by atoms with Gasteiger partial charge in [-0.05, 0) is 39.4 Å². The van der Waals surface area contributed by atoms with E-state index >= 15 is 0 Å². The largest absolute Gasteiger partial charge is 0.383 e. The van der Waals surface area contributed by atoms with Gasteiger partial charge in [0.15, 0.2) is 0 Å². The maximum atomic E-state index is 5.38. The third kappa shape index (κ3) is 4.54. The van der Waals surface area contributed by atoms with Crippen molar-refractivity contribution in [1.29, 1.82) is 0 Å². The highest BCUT2D eigenvalue weighted by Crippen LogP contribution is 2.19. The molecule has 4 heteroatoms. The average Bonchev–Trinajstić information content (AvgIpc) is 3.12. The summed E-state index contributed by atoms with van der Waals surface area (Å²) in [4.78, 5) is 5.03. The van der Waals surface area contributed by atoms with Gasteiger partial charge in [-0.25, -0.2) is 0 Å². The summed E-state index contributed by atoms with van der Waals surface area (Å²) in [6.07, 6.45) is 4.00. The molecule has 1 saturated carbocycles. The summed E-state index contributed by atoms with van der Waals surface area (Å²) in [6.45, 7) is 6.74. The highest BCUT2D eigenvalue weighted by Gasteiger charge is 2.25. The molecule has 1 saturated heterocycles. The lowest BCUT2D eigenvalue weighted by molar-refractivity contribution is 0.0914. The van der Waals surface area contributed by atoms with Crippen molar-refractivity contribution in [3.8, 4) is 0 Å². The number of rotatable bonds is 6. The lowest BCUT2D eigenvalue weighted by Crippen LogP contribution is -2.47. The van der Waals surface area contributed by atoms with Gasteiger partial charge in [-0.3, -0.25) is 4.90 Å². The second-order valence-corrected chi connectivity index (χ2v) is 5.48. The first-order chi connectivity index (χ1) is 8.29. The van der Waals surface area contributed by atoms with E-state index in [0.29, 0.717) is 6.04 Å². The van der Waals surface area contributed by atoms with Gasteiger partial charge < -0.3 is 15.0 Å². The van der Waals surface area contributed by atoms with Crippen molar-refractivity contribution in [2.75, 3.05) is 53.5 Å². The summed E-state index contributed by atoms with van der Waals surface area (Å²) in [5.41, 5.74) is 0. The molecule has 0 aromatic heterocycles. The minimum absolute atomic E-state index is 0.548. The first kappa shape index (κ1) is 13.3. The Morgan fingerprint density at radius 2 is 2.06 bits per heavy atom. The average molecular weight is 241 g/mol. The molecule has 100 valence electrons. The van der Waals surface area contributed by atoms with Gasteiger partial charge in [-0.2, -0.15) is 0 Å². The zero-order valence-electron chi connectivity index (χ0n) is 11.3. The van der Waals surface area contributed by atoms with Crippen LogP contribution >= 0.6 is 0 Å². The smallest absolute Gasteiger partial charge is 0.0630 e. The topological polar surface area (TPSA) is 27.7 Å². The molecular formula is C13H27N3O. The standard InChI is InChI=1S/C13H27N3O/c1-15-6-3-7-16(9-8-15)13(11-17-2)10-14-12-4-5-12/h12-14H,3-11H2,1-2H3. The maximum absolute atomic E-state index is 5.38. The van der Waals surface area contributed by atoms with Crippen LogP contribution in [0.4, 0.5) is 0 Å². The molecule has 0 spiro atoms. The van der Waals surface area contributed by atoms with Crippen LogP contribution in [0, 0.1) is 0 Å². The van der Waals surface area contributed by atoms with Crippen molar-refractivity contribution in [2.24, 2.45) is 0 Å². The number of nitrogens with zero attached hydrogens (tertiary/aromatic N) is 2. The van der Waals surface area contributed by atoms with Gasteiger partial charge in [-0.1, -0.05) is 0 Å². The molecule has 1 atom stereocenters. The molecule has 1 aliphatic heterocycles. The minimum atomic E-state index is 0.548. The molecule has 2 fully saturated rings. The van der Waals surface area contributed by atoms with E-state index < -0.39 is 0 Å². The van der Waals surface area contributed by atoms with E-state index in [1.165, 1.54) is 45.4 Å². The van der Waals surface area contributed by atoms with Crippen LogP contribution in [-0.2, 0) is 4.74 Å². The van der Waals surface area contributed by atoms with Crippen molar-refractivity contribution < 1.29 is 4.74 Å². The molecule has 4 nitrogen and oxygen atoms in total. The van der Waals surface area contributed by atoms with E-state index in [2.05, 4.69) is 22.2 Å². The molecule has 0 aromatic rings. The summed E-state index contributed by atoms with van der Waals surface area (Å²) in [5, 5.41) is 3.64. The Hall–Kier alpha value is -0.160. The van der Waals surface area contributed by atoms with E-state index in [0.717, 1.165) is 19.2 Å². The predicted octanol–water partition coefficient (Wildman–Crippen LogP) is 0.391. The quantitative estimate of drug-likeness (QED) is 0.728. The fraction of sp³-hybridized carbons (Fsp3) is 1.00. The number of nitrogens with one attached hydrogen (secondary N) is 1. The highest BCUT2D eigenvalue weighted by molar-refractivity contribution is 4.85.